The predicted molar refractivity (Wildman–Crippen MR) is 122 cm³/mol. The minimum atomic E-state index is -0.922. The molecule has 0 fully saturated rings. The summed E-state index contributed by atoms with van der Waals surface area (Å²) in [6.45, 7) is 3.35. The van der Waals surface area contributed by atoms with Crippen molar-refractivity contribution < 1.29 is 23.9 Å². The Morgan fingerprint density at radius 2 is 1.76 bits per heavy atom. The van der Waals surface area contributed by atoms with Crippen molar-refractivity contribution in [3.05, 3.63) is 70.0 Å². The normalized spacial score (nSPS) is 10.9. The van der Waals surface area contributed by atoms with E-state index < -0.39 is 46.6 Å². The molecule has 1 aromatic carbocycles. The molecule has 0 aliphatic rings. The molecule has 0 radical (unpaired) electrons. The van der Waals surface area contributed by atoms with E-state index in [2.05, 4.69) is 10.3 Å². The summed E-state index contributed by atoms with van der Waals surface area (Å²) in [4.78, 5) is 57.3. The van der Waals surface area contributed by atoms with Crippen LogP contribution in [0.1, 0.15) is 29.9 Å². The molecule has 0 spiro atoms. The Hall–Kier alpha value is -4.28. The molecular weight excluding hydrogens is 445 g/mol. The molecule has 178 valence electrons. The number of benzene rings is 1. The van der Waals surface area contributed by atoms with Crippen LogP contribution in [-0.4, -0.2) is 57.2 Å². The monoisotopic (exact) mass is 469 g/mol. The third-order valence-corrected chi connectivity index (χ3v) is 4.98. The average Bonchev–Trinajstić information content (AvgIpc) is 2.80. The van der Waals surface area contributed by atoms with Crippen molar-refractivity contribution in [2.75, 3.05) is 19.0 Å². The van der Waals surface area contributed by atoms with E-state index in [1.165, 1.54) is 61.6 Å². The van der Waals surface area contributed by atoms with E-state index in [0.717, 1.165) is 9.30 Å². The smallest absolute Gasteiger partial charge is 0.316 e. The number of aromatic hydroxyl groups is 1. The maximum atomic E-state index is 13.1. The van der Waals surface area contributed by atoms with Gasteiger partial charge in [0.15, 0.2) is 11.3 Å². The van der Waals surface area contributed by atoms with Crippen molar-refractivity contribution in [2.45, 2.75) is 26.4 Å². The number of hydrogen-bond donors (Lipinski definition) is 2. The van der Waals surface area contributed by atoms with Gasteiger partial charge in [-0.15, -0.1) is 0 Å². The number of halogens is 1. The van der Waals surface area contributed by atoms with Crippen molar-refractivity contribution in [1.82, 2.24) is 19.6 Å². The molecule has 0 aliphatic carbocycles. The van der Waals surface area contributed by atoms with E-state index in [9.17, 15) is 28.7 Å². The maximum Gasteiger partial charge on any atom is 0.316 e. The van der Waals surface area contributed by atoms with Gasteiger partial charge in [0.2, 0.25) is 5.75 Å². The van der Waals surface area contributed by atoms with Crippen LogP contribution in [0.15, 0.2) is 47.4 Å². The van der Waals surface area contributed by atoms with Gasteiger partial charge in [-0.3, -0.25) is 28.5 Å². The van der Waals surface area contributed by atoms with Gasteiger partial charge in [0.05, 0.1) is 5.69 Å². The van der Waals surface area contributed by atoms with Crippen LogP contribution in [0.4, 0.5) is 10.1 Å². The van der Waals surface area contributed by atoms with Crippen molar-refractivity contribution in [3.8, 4) is 5.75 Å². The van der Waals surface area contributed by atoms with Gasteiger partial charge in [0.1, 0.15) is 5.82 Å². The van der Waals surface area contributed by atoms with Crippen molar-refractivity contribution in [1.29, 1.82) is 0 Å². The summed E-state index contributed by atoms with van der Waals surface area (Å²) in [5, 5.41) is 12.9. The first-order chi connectivity index (χ1) is 16.0. The van der Waals surface area contributed by atoms with Gasteiger partial charge in [-0.25, -0.2) is 9.37 Å². The molecule has 3 rings (SSSR count). The number of rotatable bonds is 5. The molecule has 11 heteroatoms. The van der Waals surface area contributed by atoms with Gasteiger partial charge in [-0.05, 0) is 43.7 Å². The highest BCUT2D eigenvalue weighted by atomic mass is 19.1. The average molecular weight is 469 g/mol. The van der Waals surface area contributed by atoms with Crippen LogP contribution in [-0.2, 0) is 16.1 Å². The van der Waals surface area contributed by atoms with Crippen LogP contribution < -0.4 is 15.8 Å². The SMILES string of the molecule is CC(C)N(C(=O)C(=O)N(C)C)c1cccn2c(=O)c(O)c(C(=O)NCc3ccc(F)cc3)nc12. The molecule has 0 unspecified atom stereocenters. The van der Waals surface area contributed by atoms with E-state index in [1.807, 2.05) is 0 Å². The predicted octanol–water partition coefficient (Wildman–Crippen LogP) is 1.30. The lowest BCUT2D eigenvalue weighted by Crippen LogP contribution is -2.46. The van der Waals surface area contributed by atoms with Crippen LogP contribution in [0.2, 0.25) is 0 Å². The number of pyridine rings is 1. The zero-order valence-electron chi connectivity index (χ0n) is 19.1. The number of fused-ring (bicyclic) bond motifs is 1. The number of carbonyl (C=O) groups excluding carboxylic acids is 3. The van der Waals surface area contributed by atoms with E-state index in [0.29, 0.717) is 5.56 Å². The zero-order valence-corrected chi connectivity index (χ0v) is 19.1. The number of likely N-dealkylation sites (N-methyl/N-ethyl adjacent to an activating group) is 1. The molecule has 0 saturated carbocycles. The Labute approximate surface area is 194 Å². The van der Waals surface area contributed by atoms with E-state index in [4.69, 9.17) is 0 Å². The number of hydrogen-bond acceptors (Lipinski definition) is 6. The molecule has 2 heterocycles. The second-order valence-corrected chi connectivity index (χ2v) is 7.98. The third kappa shape index (κ3) is 4.72. The first-order valence-corrected chi connectivity index (χ1v) is 10.3. The Bertz CT molecular complexity index is 1320. The Morgan fingerprint density at radius 3 is 2.35 bits per heavy atom. The second kappa shape index (κ2) is 9.69. The summed E-state index contributed by atoms with van der Waals surface area (Å²) >= 11 is 0. The Kier molecular flexibility index (Phi) is 6.94. The number of anilines is 1. The lowest BCUT2D eigenvalue weighted by molar-refractivity contribution is -0.142. The number of amides is 3. The first-order valence-electron chi connectivity index (χ1n) is 10.3. The molecule has 3 aromatic rings. The Balaban J connectivity index is 2.07. The minimum Gasteiger partial charge on any atom is -0.501 e. The molecule has 3 amide bonds. The van der Waals surface area contributed by atoms with Gasteiger partial charge in [0.25, 0.3) is 5.91 Å². The Morgan fingerprint density at radius 1 is 1.12 bits per heavy atom. The minimum absolute atomic E-state index is 0.00477. The molecule has 2 N–H and O–H groups in total. The zero-order chi connectivity index (χ0) is 25.2. The quantitative estimate of drug-likeness (QED) is 0.543. The van der Waals surface area contributed by atoms with E-state index >= 15 is 0 Å². The summed E-state index contributed by atoms with van der Waals surface area (Å²) in [5.74, 6) is -3.78. The van der Waals surface area contributed by atoms with Gasteiger partial charge < -0.3 is 15.3 Å². The molecule has 34 heavy (non-hydrogen) atoms. The first kappa shape index (κ1) is 24.4. The van der Waals surface area contributed by atoms with Crippen LogP contribution in [0, 0.1) is 5.82 Å². The number of aromatic nitrogens is 2. The van der Waals surface area contributed by atoms with Gasteiger partial charge in [-0.1, -0.05) is 12.1 Å². The fourth-order valence-electron chi connectivity index (χ4n) is 3.27. The summed E-state index contributed by atoms with van der Waals surface area (Å²) in [6, 6.07) is 7.87. The van der Waals surface area contributed by atoms with Crippen molar-refractivity contribution in [2.24, 2.45) is 0 Å². The van der Waals surface area contributed by atoms with Crippen LogP contribution >= 0.6 is 0 Å². The molecule has 2 aromatic heterocycles. The van der Waals surface area contributed by atoms with Crippen molar-refractivity contribution in [3.63, 3.8) is 0 Å². The largest absolute Gasteiger partial charge is 0.501 e. The van der Waals surface area contributed by atoms with Gasteiger partial charge >= 0.3 is 17.4 Å². The topological polar surface area (TPSA) is 124 Å². The van der Waals surface area contributed by atoms with Crippen molar-refractivity contribution >= 4 is 29.1 Å². The maximum absolute atomic E-state index is 13.1. The van der Waals surface area contributed by atoms with Crippen LogP contribution in [0.3, 0.4) is 0 Å². The lowest BCUT2D eigenvalue weighted by Gasteiger charge is -2.28. The molecular formula is C23H24FN5O5. The highest BCUT2D eigenvalue weighted by Crippen LogP contribution is 2.24. The van der Waals surface area contributed by atoms with E-state index in [1.54, 1.807) is 13.8 Å². The third-order valence-electron chi connectivity index (χ3n) is 4.98. The highest BCUT2D eigenvalue weighted by molar-refractivity contribution is 6.40. The standard InChI is InChI=1S/C23H24FN5O5/c1-13(2)29(23(34)22(33)27(3)4)16-6-5-11-28-19(16)26-17(18(30)21(28)32)20(31)25-12-14-7-9-15(24)10-8-14/h5-11,13,30H,12H2,1-4H3,(H,25,31). The van der Waals surface area contributed by atoms with Crippen LogP contribution in [0.5, 0.6) is 5.75 Å². The fraction of sp³-hybridized carbons (Fsp3) is 0.261. The fourth-order valence-corrected chi connectivity index (χ4v) is 3.27. The van der Waals surface area contributed by atoms with Crippen LogP contribution in [0.25, 0.3) is 5.65 Å². The highest BCUT2D eigenvalue weighted by Gasteiger charge is 2.30. The molecule has 0 saturated heterocycles. The lowest BCUT2D eigenvalue weighted by atomic mass is 10.2. The molecule has 10 nitrogen and oxygen atoms in total. The molecule has 0 aliphatic heterocycles. The molecule has 0 bridgehead atoms. The summed E-state index contributed by atoms with van der Waals surface area (Å²) < 4.78 is 14.1. The summed E-state index contributed by atoms with van der Waals surface area (Å²) in [7, 11) is 2.87. The van der Waals surface area contributed by atoms with Gasteiger partial charge in [0, 0.05) is 32.9 Å². The van der Waals surface area contributed by atoms with Gasteiger partial charge in [-0.2, -0.15) is 0 Å². The number of nitrogens with zero attached hydrogens (tertiary/aromatic N) is 4. The second-order valence-electron chi connectivity index (χ2n) is 7.98. The number of nitrogens with one attached hydrogen (secondary N) is 1. The van der Waals surface area contributed by atoms with E-state index in [-0.39, 0.29) is 17.9 Å². The summed E-state index contributed by atoms with van der Waals surface area (Å²) in [5.41, 5.74) is -0.858. The molecule has 0 atom stereocenters. The number of carbonyl (C=O) groups is 3. The summed E-state index contributed by atoms with van der Waals surface area (Å²) in [6.07, 6.45) is 1.32.